The number of nitrogens with zero attached hydrogens (tertiary/aromatic N) is 4. The van der Waals surface area contributed by atoms with Crippen molar-refractivity contribution in [2.24, 2.45) is 4.99 Å². The van der Waals surface area contributed by atoms with Gasteiger partial charge >= 0.3 is 6.18 Å². The molecule has 1 aromatic heterocycles. The summed E-state index contributed by atoms with van der Waals surface area (Å²) >= 11 is 1.75. The van der Waals surface area contributed by atoms with Crippen molar-refractivity contribution in [2.45, 2.75) is 38.5 Å². The molecular weight excluding hydrogens is 530 g/mol. The minimum Gasteiger partial charge on any atom is -0.356 e. The summed E-state index contributed by atoms with van der Waals surface area (Å²) in [7, 11) is 1.65. The molecule has 30 heavy (non-hydrogen) atoms. The van der Waals surface area contributed by atoms with Crippen LogP contribution in [-0.2, 0) is 17.8 Å². The first kappa shape index (κ1) is 25.2. The zero-order valence-corrected chi connectivity index (χ0v) is 20.4. The Bertz CT molecular complexity index is 734. The minimum atomic E-state index is -4.21. The molecule has 11 heteroatoms. The lowest BCUT2D eigenvalue weighted by Gasteiger charge is -2.39. The number of rotatable bonds is 4. The van der Waals surface area contributed by atoms with Gasteiger partial charge in [-0.2, -0.15) is 13.2 Å². The van der Waals surface area contributed by atoms with Gasteiger partial charge in [0.2, 0.25) is 5.91 Å². The van der Waals surface area contributed by atoms with Crippen LogP contribution in [0.3, 0.4) is 0 Å². The summed E-state index contributed by atoms with van der Waals surface area (Å²) in [6.07, 6.45) is -2.93. The normalized spacial score (nSPS) is 19.2. The second-order valence-corrected chi connectivity index (χ2v) is 8.40. The molecule has 170 valence electrons. The van der Waals surface area contributed by atoms with E-state index < -0.39 is 12.2 Å². The van der Waals surface area contributed by atoms with Gasteiger partial charge in [0.05, 0.1) is 0 Å². The Balaban J connectivity index is 0.00000320. The Kier molecular flexibility index (Phi) is 9.22. The van der Waals surface area contributed by atoms with Crippen LogP contribution in [-0.4, -0.2) is 85.1 Å². The average molecular weight is 559 g/mol. The summed E-state index contributed by atoms with van der Waals surface area (Å²) < 4.78 is 38.7. The summed E-state index contributed by atoms with van der Waals surface area (Å²) in [5.41, 5.74) is 1.24. The van der Waals surface area contributed by atoms with E-state index >= 15 is 0 Å². The molecular formula is C19H29F3IN5OS. The van der Waals surface area contributed by atoms with Crippen LogP contribution in [0.5, 0.6) is 0 Å². The van der Waals surface area contributed by atoms with E-state index in [0.29, 0.717) is 51.6 Å². The molecule has 3 rings (SSSR count). The van der Waals surface area contributed by atoms with Crippen molar-refractivity contribution >= 4 is 47.2 Å². The number of amides is 1. The van der Waals surface area contributed by atoms with E-state index in [1.54, 1.807) is 18.4 Å². The number of aliphatic imine (C=N–C) groups is 1. The summed E-state index contributed by atoms with van der Waals surface area (Å²) in [4.78, 5) is 23.4. The number of hydrogen-bond acceptors (Lipinski definition) is 4. The average Bonchev–Trinajstić information content (AvgIpc) is 3.18. The quantitative estimate of drug-likeness (QED) is 0.351. The van der Waals surface area contributed by atoms with E-state index in [9.17, 15) is 18.0 Å². The van der Waals surface area contributed by atoms with Crippen molar-refractivity contribution in [1.29, 1.82) is 0 Å². The molecule has 1 fully saturated rings. The van der Waals surface area contributed by atoms with Gasteiger partial charge in [-0.25, -0.2) is 0 Å². The zero-order valence-electron chi connectivity index (χ0n) is 17.2. The van der Waals surface area contributed by atoms with Crippen molar-refractivity contribution in [3.8, 4) is 0 Å². The van der Waals surface area contributed by atoms with Gasteiger partial charge in [-0.1, -0.05) is 0 Å². The highest BCUT2D eigenvalue weighted by Crippen LogP contribution is 2.25. The van der Waals surface area contributed by atoms with Crippen LogP contribution in [0, 0.1) is 0 Å². The monoisotopic (exact) mass is 559 g/mol. The first-order chi connectivity index (χ1) is 13.8. The fourth-order valence-corrected chi connectivity index (χ4v) is 4.65. The molecule has 1 aromatic rings. The standard InChI is InChI=1S/C19H28F3N5OS.HI/c1-14(19(20,21)22)25-8-10-26(11-9-25)18(23-2)24-6-3-17(28)27-7-4-16-15(13-27)5-12-29-16;/h5,12,14H,3-4,6-11,13H2,1-2H3,(H,23,24);1H. The molecule has 0 aromatic carbocycles. The van der Waals surface area contributed by atoms with E-state index in [1.165, 1.54) is 22.3 Å². The van der Waals surface area contributed by atoms with Crippen molar-refractivity contribution in [2.75, 3.05) is 46.3 Å². The summed E-state index contributed by atoms with van der Waals surface area (Å²) in [5, 5.41) is 5.26. The fourth-order valence-electron chi connectivity index (χ4n) is 3.76. The second kappa shape index (κ2) is 11.0. The third-order valence-electron chi connectivity index (χ3n) is 5.63. The van der Waals surface area contributed by atoms with Gasteiger partial charge in [-0.3, -0.25) is 14.7 Å². The molecule has 1 atom stereocenters. The lowest BCUT2D eigenvalue weighted by atomic mass is 10.1. The van der Waals surface area contributed by atoms with Gasteiger partial charge in [0.1, 0.15) is 6.04 Å². The highest BCUT2D eigenvalue weighted by Gasteiger charge is 2.41. The number of hydrogen-bond donors (Lipinski definition) is 1. The van der Waals surface area contributed by atoms with E-state index in [1.807, 2.05) is 9.80 Å². The molecule has 0 spiro atoms. The number of thiophene rings is 1. The molecule has 2 aliphatic heterocycles. The molecule has 1 N–H and O–H groups in total. The summed E-state index contributed by atoms with van der Waals surface area (Å²) in [5.74, 6) is 0.740. The predicted octanol–water partition coefficient (Wildman–Crippen LogP) is 2.78. The van der Waals surface area contributed by atoms with E-state index in [-0.39, 0.29) is 29.9 Å². The van der Waals surface area contributed by atoms with Crippen LogP contribution in [0.15, 0.2) is 16.4 Å². The Morgan fingerprint density at radius 2 is 1.93 bits per heavy atom. The number of piperazine rings is 1. The number of nitrogens with one attached hydrogen (secondary N) is 1. The maximum Gasteiger partial charge on any atom is 0.403 e. The largest absolute Gasteiger partial charge is 0.403 e. The zero-order chi connectivity index (χ0) is 21.0. The van der Waals surface area contributed by atoms with Crippen molar-refractivity contribution in [3.05, 3.63) is 21.9 Å². The van der Waals surface area contributed by atoms with Gasteiger partial charge in [0.25, 0.3) is 0 Å². The lowest BCUT2D eigenvalue weighted by molar-refractivity contribution is -0.181. The summed E-state index contributed by atoms with van der Waals surface area (Å²) in [6.45, 7) is 4.69. The Morgan fingerprint density at radius 1 is 1.23 bits per heavy atom. The van der Waals surface area contributed by atoms with Crippen LogP contribution in [0.4, 0.5) is 13.2 Å². The Morgan fingerprint density at radius 3 is 2.57 bits per heavy atom. The predicted molar refractivity (Wildman–Crippen MR) is 123 cm³/mol. The van der Waals surface area contributed by atoms with Crippen molar-refractivity contribution in [1.82, 2.24) is 20.0 Å². The van der Waals surface area contributed by atoms with Gasteiger partial charge in [-0.15, -0.1) is 35.3 Å². The van der Waals surface area contributed by atoms with E-state index in [0.717, 1.165) is 13.0 Å². The first-order valence-electron chi connectivity index (χ1n) is 9.89. The van der Waals surface area contributed by atoms with Gasteiger partial charge in [0.15, 0.2) is 5.96 Å². The highest BCUT2D eigenvalue weighted by atomic mass is 127. The number of halogens is 4. The molecule has 1 amide bonds. The maximum absolute atomic E-state index is 12.9. The van der Waals surface area contributed by atoms with E-state index in [4.69, 9.17) is 0 Å². The number of fused-ring (bicyclic) bond motifs is 1. The van der Waals surface area contributed by atoms with Crippen molar-refractivity contribution < 1.29 is 18.0 Å². The molecule has 0 aliphatic carbocycles. The molecule has 1 saturated heterocycles. The number of alkyl halides is 3. The number of carbonyl (C=O) groups is 1. The third-order valence-corrected chi connectivity index (χ3v) is 6.65. The SMILES string of the molecule is CN=C(NCCC(=O)N1CCc2sccc2C1)N1CCN(C(C)C(F)(F)F)CC1.I. The third kappa shape index (κ3) is 6.22. The first-order valence-corrected chi connectivity index (χ1v) is 10.8. The summed E-state index contributed by atoms with van der Waals surface area (Å²) in [6, 6.07) is 0.643. The molecule has 2 aliphatic rings. The van der Waals surface area contributed by atoms with E-state index in [2.05, 4.69) is 21.8 Å². The molecule has 3 heterocycles. The van der Waals surface area contributed by atoms with Gasteiger partial charge in [0, 0.05) is 64.2 Å². The fraction of sp³-hybridized carbons (Fsp3) is 0.684. The van der Waals surface area contributed by atoms with Crippen LogP contribution >= 0.6 is 35.3 Å². The highest BCUT2D eigenvalue weighted by molar-refractivity contribution is 14.0. The van der Waals surface area contributed by atoms with Crippen LogP contribution in [0.1, 0.15) is 23.8 Å². The molecule has 0 saturated carbocycles. The second-order valence-electron chi connectivity index (χ2n) is 7.40. The number of carbonyl (C=O) groups excluding carboxylic acids is 1. The Labute approximate surface area is 196 Å². The number of guanidine groups is 1. The Hall–Kier alpha value is -1.08. The molecule has 0 bridgehead atoms. The van der Waals surface area contributed by atoms with Gasteiger partial charge in [-0.05, 0) is 30.4 Å². The molecule has 0 radical (unpaired) electrons. The molecule has 1 unspecified atom stereocenters. The lowest BCUT2D eigenvalue weighted by Crippen LogP contribution is -2.56. The maximum atomic E-state index is 12.9. The van der Waals surface area contributed by atoms with Gasteiger partial charge < -0.3 is 15.1 Å². The van der Waals surface area contributed by atoms with Crippen LogP contribution < -0.4 is 5.32 Å². The molecule has 6 nitrogen and oxygen atoms in total. The smallest absolute Gasteiger partial charge is 0.356 e. The van der Waals surface area contributed by atoms with Crippen LogP contribution in [0.2, 0.25) is 0 Å². The van der Waals surface area contributed by atoms with Crippen LogP contribution in [0.25, 0.3) is 0 Å². The minimum absolute atomic E-state index is 0. The van der Waals surface area contributed by atoms with Crippen molar-refractivity contribution in [3.63, 3.8) is 0 Å². The topological polar surface area (TPSA) is 51.2 Å².